The number of piperazine rings is 1. The molecule has 0 aromatic carbocycles. The summed E-state index contributed by atoms with van der Waals surface area (Å²) in [4.78, 5) is 44.3. The van der Waals surface area contributed by atoms with Crippen LogP contribution in [0.5, 0.6) is 0 Å². The molecule has 0 radical (unpaired) electrons. The van der Waals surface area contributed by atoms with E-state index >= 15 is 0 Å². The van der Waals surface area contributed by atoms with Crippen LogP contribution in [-0.2, 0) is 9.59 Å². The van der Waals surface area contributed by atoms with E-state index in [0.29, 0.717) is 57.9 Å². The topological polar surface area (TPSA) is 73.0 Å². The van der Waals surface area contributed by atoms with Gasteiger partial charge in [-0.3, -0.25) is 9.59 Å². The molecule has 0 aromatic heterocycles. The highest BCUT2D eigenvalue weighted by atomic mass is 16.2. The number of piperidine rings is 1. The normalized spacial score (nSPS) is 22.4. The first kappa shape index (κ1) is 21.5. The molecule has 2 heterocycles. The van der Waals surface area contributed by atoms with Crippen LogP contribution in [0.1, 0.15) is 60.3 Å². The SMILES string of the molecule is CCCN1C(=O)C(CC(C)C)NC(=O)C12CCN(C(=O)N(CC)CC)CC2. The second kappa shape index (κ2) is 8.93. The summed E-state index contributed by atoms with van der Waals surface area (Å²) < 4.78 is 0. The second-order valence-electron chi connectivity index (χ2n) is 8.12. The van der Waals surface area contributed by atoms with Gasteiger partial charge >= 0.3 is 6.03 Å². The molecule has 1 spiro atoms. The minimum absolute atomic E-state index is 0.0251. The van der Waals surface area contributed by atoms with Crippen LogP contribution in [0.4, 0.5) is 4.79 Å². The molecular formula is C20H36N4O3. The van der Waals surface area contributed by atoms with Gasteiger partial charge in [-0.25, -0.2) is 4.79 Å². The number of amides is 4. The van der Waals surface area contributed by atoms with Gasteiger partial charge in [-0.1, -0.05) is 20.8 Å². The summed E-state index contributed by atoms with van der Waals surface area (Å²) >= 11 is 0. The quantitative estimate of drug-likeness (QED) is 0.767. The summed E-state index contributed by atoms with van der Waals surface area (Å²) in [5.41, 5.74) is -0.805. The zero-order chi connectivity index (χ0) is 20.2. The van der Waals surface area contributed by atoms with E-state index in [1.807, 2.05) is 30.6 Å². The van der Waals surface area contributed by atoms with E-state index in [-0.39, 0.29) is 17.8 Å². The number of carbonyl (C=O) groups is 3. The maximum absolute atomic E-state index is 13.1. The van der Waals surface area contributed by atoms with Gasteiger partial charge in [0.1, 0.15) is 11.6 Å². The molecule has 1 N–H and O–H groups in total. The summed E-state index contributed by atoms with van der Waals surface area (Å²) in [6, 6.07) is -0.401. The number of likely N-dealkylation sites (tertiary alicyclic amines) is 1. The molecule has 1 unspecified atom stereocenters. The average Bonchev–Trinajstić information content (AvgIpc) is 2.64. The third-order valence-corrected chi connectivity index (χ3v) is 5.86. The van der Waals surface area contributed by atoms with Gasteiger partial charge < -0.3 is 20.0 Å². The van der Waals surface area contributed by atoms with Gasteiger partial charge in [0.2, 0.25) is 11.8 Å². The molecule has 154 valence electrons. The Balaban J connectivity index is 2.17. The van der Waals surface area contributed by atoms with E-state index in [9.17, 15) is 14.4 Å². The Morgan fingerprint density at radius 2 is 1.78 bits per heavy atom. The van der Waals surface area contributed by atoms with E-state index in [1.54, 1.807) is 4.90 Å². The lowest BCUT2D eigenvalue weighted by atomic mass is 9.81. The van der Waals surface area contributed by atoms with Crippen LogP contribution in [0.3, 0.4) is 0 Å². The van der Waals surface area contributed by atoms with Crippen molar-refractivity contribution in [3.8, 4) is 0 Å². The Labute approximate surface area is 163 Å². The highest BCUT2D eigenvalue weighted by Crippen LogP contribution is 2.34. The van der Waals surface area contributed by atoms with Crippen molar-refractivity contribution < 1.29 is 14.4 Å². The Hall–Kier alpha value is -1.79. The Morgan fingerprint density at radius 3 is 2.26 bits per heavy atom. The third kappa shape index (κ3) is 4.22. The molecule has 0 saturated carbocycles. The number of hydrogen-bond donors (Lipinski definition) is 1. The number of urea groups is 1. The van der Waals surface area contributed by atoms with Crippen molar-refractivity contribution in [2.75, 3.05) is 32.7 Å². The largest absolute Gasteiger partial charge is 0.342 e. The van der Waals surface area contributed by atoms with Gasteiger partial charge in [-0.05, 0) is 45.4 Å². The summed E-state index contributed by atoms with van der Waals surface area (Å²) in [7, 11) is 0. The molecule has 2 fully saturated rings. The van der Waals surface area contributed by atoms with E-state index in [0.717, 1.165) is 6.42 Å². The van der Waals surface area contributed by atoms with Crippen molar-refractivity contribution in [1.29, 1.82) is 0 Å². The number of hydrogen-bond acceptors (Lipinski definition) is 3. The molecule has 2 rings (SSSR count). The molecule has 4 amide bonds. The van der Waals surface area contributed by atoms with Crippen LogP contribution in [0.25, 0.3) is 0 Å². The van der Waals surface area contributed by atoms with Crippen LogP contribution in [0, 0.1) is 5.92 Å². The molecule has 0 aliphatic carbocycles. The van der Waals surface area contributed by atoms with E-state index in [4.69, 9.17) is 0 Å². The van der Waals surface area contributed by atoms with Crippen molar-refractivity contribution in [3.63, 3.8) is 0 Å². The monoisotopic (exact) mass is 380 g/mol. The predicted molar refractivity (Wildman–Crippen MR) is 105 cm³/mol. The minimum atomic E-state index is -0.805. The van der Waals surface area contributed by atoms with Crippen LogP contribution in [0.2, 0.25) is 0 Å². The molecule has 0 aromatic rings. The van der Waals surface area contributed by atoms with E-state index < -0.39 is 11.6 Å². The number of carbonyl (C=O) groups excluding carboxylic acids is 3. The van der Waals surface area contributed by atoms with Crippen molar-refractivity contribution >= 4 is 17.8 Å². The number of nitrogens with zero attached hydrogens (tertiary/aromatic N) is 3. The zero-order valence-corrected chi connectivity index (χ0v) is 17.6. The average molecular weight is 381 g/mol. The van der Waals surface area contributed by atoms with Gasteiger partial charge in [0.15, 0.2) is 0 Å². The van der Waals surface area contributed by atoms with E-state index in [1.165, 1.54) is 0 Å². The maximum atomic E-state index is 13.1. The molecule has 2 aliphatic rings. The molecule has 2 aliphatic heterocycles. The van der Waals surface area contributed by atoms with Crippen molar-refractivity contribution in [1.82, 2.24) is 20.0 Å². The molecule has 7 heteroatoms. The highest BCUT2D eigenvalue weighted by Gasteiger charge is 2.53. The summed E-state index contributed by atoms with van der Waals surface area (Å²) in [5.74, 6) is 0.329. The lowest BCUT2D eigenvalue weighted by Gasteiger charge is -2.52. The van der Waals surface area contributed by atoms with Gasteiger partial charge in [-0.2, -0.15) is 0 Å². The summed E-state index contributed by atoms with van der Waals surface area (Å²) in [6.07, 6.45) is 2.49. The Bertz CT molecular complexity index is 551. The first-order chi connectivity index (χ1) is 12.8. The number of nitrogens with one attached hydrogen (secondary N) is 1. The molecular weight excluding hydrogens is 344 g/mol. The van der Waals surface area contributed by atoms with Gasteiger partial charge in [0.25, 0.3) is 0 Å². The fourth-order valence-electron chi connectivity index (χ4n) is 4.31. The summed E-state index contributed by atoms with van der Waals surface area (Å²) in [5, 5.41) is 2.99. The highest BCUT2D eigenvalue weighted by molar-refractivity contribution is 6.00. The molecule has 1 atom stereocenters. The third-order valence-electron chi connectivity index (χ3n) is 5.86. The summed E-state index contributed by atoms with van der Waals surface area (Å²) in [6.45, 7) is 13.0. The van der Waals surface area contributed by atoms with Crippen molar-refractivity contribution in [2.24, 2.45) is 5.92 Å². The lowest BCUT2D eigenvalue weighted by Crippen LogP contribution is -2.73. The fourth-order valence-corrected chi connectivity index (χ4v) is 4.31. The lowest BCUT2D eigenvalue weighted by molar-refractivity contribution is -0.161. The zero-order valence-electron chi connectivity index (χ0n) is 17.6. The molecule has 2 saturated heterocycles. The molecule has 0 bridgehead atoms. The first-order valence-corrected chi connectivity index (χ1v) is 10.5. The van der Waals surface area contributed by atoms with Gasteiger partial charge in [-0.15, -0.1) is 0 Å². The Morgan fingerprint density at radius 1 is 1.19 bits per heavy atom. The van der Waals surface area contributed by atoms with Crippen LogP contribution < -0.4 is 5.32 Å². The van der Waals surface area contributed by atoms with Gasteiger partial charge in [0, 0.05) is 32.7 Å². The second-order valence-corrected chi connectivity index (χ2v) is 8.12. The van der Waals surface area contributed by atoms with Crippen molar-refractivity contribution in [3.05, 3.63) is 0 Å². The molecule has 27 heavy (non-hydrogen) atoms. The van der Waals surface area contributed by atoms with Gasteiger partial charge in [0.05, 0.1) is 0 Å². The maximum Gasteiger partial charge on any atom is 0.319 e. The number of rotatable bonds is 6. The van der Waals surface area contributed by atoms with Crippen molar-refractivity contribution in [2.45, 2.75) is 71.9 Å². The smallest absolute Gasteiger partial charge is 0.319 e. The predicted octanol–water partition coefficient (Wildman–Crippen LogP) is 2.07. The first-order valence-electron chi connectivity index (χ1n) is 10.5. The minimum Gasteiger partial charge on any atom is -0.342 e. The standard InChI is InChI=1S/C20H36N4O3/c1-6-11-24-17(25)16(14-15(4)5)21-18(26)20(24)9-12-23(13-10-20)19(27)22(7-2)8-3/h15-16H,6-14H2,1-5H3,(H,21,26). The van der Waals surface area contributed by atoms with Crippen LogP contribution in [-0.4, -0.2) is 76.8 Å². The van der Waals surface area contributed by atoms with Crippen LogP contribution >= 0.6 is 0 Å². The Kier molecular flexibility index (Phi) is 7.12. The van der Waals surface area contributed by atoms with Crippen LogP contribution in [0.15, 0.2) is 0 Å². The molecule has 7 nitrogen and oxygen atoms in total. The fraction of sp³-hybridized carbons (Fsp3) is 0.850. The van der Waals surface area contributed by atoms with E-state index in [2.05, 4.69) is 19.2 Å².